The lowest BCUT2D eigenvalue weighted by molar-refractivity contribution is -0.0667. The van der Waals surface area contributed by atoms with Gasteiger partial charge in [0.25, 0.3) is 0 Å². The first-order chi connectivity index (χ1) is 8.79. The van der Waals surface area contributed by atoms with Crippen LogP contribution in [0.2, 0.25) is 0 Å². The highest BCUT2D eigenvalue weighted by Gasteiger charge is 2.53. The summed E-state index contributed by atoms with van der Waals surface area (Å²) in [7, 11) is 1.85. The second-order valence-electron chi connectivity index (χ2n) is 6.29. The fraction of sp³-hybridized carbons (Fsp3) is 0.714. The number of aliphatic imine (C=N–C) groups is 1. The van der Waals surface area contributed by atoms with Crippen molar-refractivity contribution in [1.82, 2.24) is 15.2 Å². The Morgan fingerprint density at radius 3 is 2.50 bits per heavy atom. The number of aromatic nitrogens is 1. The number of aryl methyl sites for hydroxylation is 1. The van der Waals surface area contributed by atoms with Gasteiger partial charge in [0, 0.05) is 29.4 Å². The summed E-state index contributed by atoms with van der Waals surface area (Å²) in [6.45, 7) is 13.1. The predicted molar refractivity (Wildman–Crippen MR) is 97.0 cm³/mol. The van der Waals surface area contributed by atoms with E-state index >= 15 is 0 Å². The topological polar surface area (TPSA) is 40.5 Å². The Morgan fingerprint density at radius 2 is 2.10 bits per heavy atom. The SMILES string of the molecule is CN=C(NCc1scnc1C)N1CC(C)(C)C1(C)C.I. The van der Waals surface area contributed by atoms with Crippen LogP contribution in [0.1, 0.15) is 38.3 Å². The largest absolute Gasteiger partial charge is 0.351 e. The maximum absolute atomic E-state index is 4.42. The zero-order valence-electron chi connectivity index (χ0n) is 13.1. The van der Waals surface area contributed by atoms with Crippen LogP contribution in [-0.4, -0.2) is 35.0 Å². The van der Waals surface area contributed by atoms with E-state index in [0.717, 1.165) is 24.7 Å². The minimum atomic E-state index is 0. The third-order valence-corrected chi connectivity index (χ3v) is 5.54. The first-order valence-corrected chi connectivity index (χ1v) is 7.55. The average molecular weight is 408 g/mol. The van der Waals surface area contributed by atoms with Gasteiger partial charge in [-0.25, -0.2) is 4.98 Å². The monoisotopic (exact) mass is 408 g/mol. The van der Waals surface area contributed by atoms with E-state index in [2.05, 4.69) is 47.9 Å². The molecule has 0 saturated carbocycles. The maximum atomic E-state index is 4.42. The number of likely N-dealkylation sites (tertiary alicyclic amines) is 1. The van der Waals surface area contributed by atoms with Crippen molar-refractivity contribution >= 4 is 41.3 Å². The van der Waals surface area contributed by atoms with Crippen LogP contribution in [0.25, 0.3) is 0 Å². The van der Waals surface area contributed by atoms with Crippen molar-refractivity contribution in [2.45, 2.75) is 46.7 Å². The summed E-state index contributed by atoms with van der Waals surface area (Å²) in [6, 6.07) is 0. The van der Waals surface area contributed by atoms with Gasteiger partial charge in [0.15, 0.2) is 5.96 Å². The molecule has 0 amide bonds. The molecule has 20 heavy (non-hydrogen) atoms. The van der Waals surface area contributed by atoms with Crippen molar-refractivity contribution in [3.63, 3.8) is 0 Å². The van der Waals surface area contributed by atoms with Gasteiger partial charge >= 0.3 is 0 Å². The quantitative estimate of drug-likeness (QED) is 0.464. The summed E-state index contributed by atoms with van der Waals surface area (Å²) in [5.41, 5.74) is 3.46. The molecule has 0 atom stereocenters. The minimum Gasteiger partial charge on any atom is -0.351 e. The molecule has 0 bridgehead atoms. The third-order valence-electron chi connectivity index (χ3n) is 4.60. The lowest BCUT2D eigenvalue weighted by Crippen LogP contribution is -2.72. The molecule has 1 aliphatic rings. The van der Waals surface area contributed by atoms with Crippen LogP contribution in [-0.2, 0) is 6.54 Å². The lowest BCUT2D eigenvalue weighted by atomic mass is 9.65. The van der Waals surface area contributed by atoms with Crippen molar-refractivity contribution in [3.05, 3.63) is 16.1 Å². The molecule has 1 aromatic rings. The van der Waals surface area contributed by atoms with Gasteiger partial charge in [0.05, 0.1) is 17.7 Å². The number of thiazole rings is 1. The van der Waals surface area contributed by atoms with Crippen molar-refractivity contribution in [1.29, 1.82) is 0 Å². The molecule has 6 heteroatoms. The van der Waals surface area contributed by atoms with Crippen LogP contribution in [0.5, 0.6) is 0 Å². The number of guanidine groups is 1. The molecule has 2 rings (SSSR count). The second-order valence-corrected chi connectivity index (χ2v) is 7.23. The summed E-state index contributed by atoms with van der Waals surface area (Å²) in [4.78, 5) is 12.3. The molecule has 1 saturated heterocycles. The fourth-order valence-corrected chi connectivity index (χ4v) is 3.07. The molecule has 1 aliphatic heterocycles. The van der Waals surface area contributed by atoms with Crippen LogP contribution in [0, 0.1) is 12.3 Å². The fourth-order valence-electron chi connectivity index (χ4n) is 2.35. The average Bonchev–Trinajstić information content (AvgIpc) is 2.74. The van der Waals surface area contributed by atoms with E-state index in [-0.39, 0.29) is 29.5 Å². The first-order valence-electron chi connectivity index (χ1n) is 6.67. The molecule has 0 radical (unpaired) electrons. The lowest BCUT2D eigenvalue weighted by Gasteiger charge is -2.62. The molecule has 1 N–H and O–H groups in total. The number of hydrogen-bond donors (Lipinski definition) is 1. The molecular formula is C14H25IN4S. The molecule has 114 valence electrons. The number of halogens is 1. The normalized spacial score (nSPS) is 20.1. The molecule has 1 fully saturated rings. The highest BCUT2D eigenvalue weighted by atomic mass is 127. The standard InChI is InChI=1S/C14H24N4S.HI/c1-10-11(19-9-17-10)7-16-12(15-6)18-8-13(2,3)14(18,4)5;/h9H,7-8H2,1-6H3,(H,15,16);1H. The third kappa shape index (κ3) is 2.95. The van der Waals surface area contributed by atoms with E-state index in [1.54, 1.807) is 11.3 Å². The van der Waals surface area contributed by atoms with Gasteiger partial charge in [-0.2, -0.15) is 0 Å². The van der Waals surface area contributed by atoms with Crippen LogP contribution in [0.3, 0.4) is 0 Å². The van der Waals surface area contributed by atoms with E-state index in [1.165, 1.54) is 4.88 Å². The van der Waals surface area contributed by atoms with Gasteiger partial charge in [0.1, 0.15) is 0 Å². The second kappa shape index (κ2) is 6.17. The van der Waals surface area contributed by atoms with E-state index < -0.39 is 0 Å². The van der Waals surface area contributed by atoms with Gasteiger partial charge < -0.3 is 10.2 Å². The Bertz CT molecular complexity index is 493. The van der Waals surface area contributed by atoms with E-state index in [0.29, 0.717) is 5.41 Å². The van der Waals surface area contributed by atoms with E-state index in [4.69, 9.17) is 0 Å². The zero-order valence-corrected chi connectivity index (χ0v) is 16.3. The van der Waals surface area contributed by atoms with Crippen LogP contribution in [0.15, 0.2) is 10.5 Å². The summed E-state index contributed by atoms with van der Waals surface area (Å²) in [6.07, 6.45) is 0. The summed E-state index contributed by atoms with van der Waals surface area (Å²) < 4.78 is 0. The summed E-state index contributed by atoms with van der Waals surface area (Å²) in [5.74, 6) is 0.983. The van der Waals surface area contributed by atoms with Crippen LogP contribution >= 0.6 is 35.3 Å². The Labute approximate surface area is 143 Å². The Balaban J connectivity index is 0.00000200. The molecular weight excluding hydrogens is 383 g/mol. The summed E-state index contributed by atoms with van der Waals surface area (Å²) in [5, 5.41) is 3.45. The van der Waals surface area contributed by atoms with Gasteiger partial charge in [0.2, 0.25) is 0 Å². The van der Waals surface area contributed by atoms with E-state index in [1.807, 2.05) is 19.5 Å². The van der Waals surface area contributed by atoms with Gasteiger partial charge in [-0.15, -0.1) is 35.3 Å². The molecule has 1 aromatic heterocycles. The Hall–Kier alpha value is -0.370. The smallest absolute Gasteiger partial charge is 0.194 e. The number of hydrogen-bond acceptors (Lipinski definition) is 3. The number of rotatable bonds is 2. The minimum absolute atomic E-state index is 0. The molecule has 0 aliphatic carbocycles. The Morgan fingerprint density at radius 1 is 1.45 bits per heavy atom. The van der Waals surface area contributed by atoms with Crippen molar-refractivity contribution in [2.24, 2.45) is 10.4 Å². The molecule has 0 spiro atoms. The molecule has 4 nitrogen and oxygen atoms in total. The van der Waals surface area contributed by atoms with Gasteiger partial charge in [-0.05, 0) is 20.8 Å². The number of nitrogens with zero attached hydrogens (tertiary/aromatic N) is 3. The van der Waals surface area contributed by atoms with Gasteiger partial charge in [-0.3, -0.25) is 4.99 Å². The van der Waals surface area contributed by atoms with Crippen LogP contribution < -0.4 is 5.32 Å². The van der Waals surface area contributed by atoms with Crippen molar-refractivity contribution in [2.75, 3.05) is 13.6 Å². The number of nitrogens with one attached hydrogen (secondary N) is 1. The maximum Gasteiger partial charge on any atom is 0.194 e. The van der Waals surface area contributed by atoms with E-state index in [9.17, 15) is 0 Å². The summed E-state index contributed by atoms with van der Waals surface area (Å²) >= 11 is 1.69. The van der Waals surface area contributed by atoms with Crippen molar-refractivity contribution in [3.8, 4) is 0 Å². The van der Waals surface area contributed by atoms with Crippen LogP contribution in [0.4, 0.5) is 0 Å². The highest BCUT2D eigenvalue weighted by Crippen LogP contribution is 2.46. The zero-order chi connectivity index (χ0) is 14.3. The molecule has 0 aromatic carbocycles. The molecule has 0 unspecified atom stereocenters. The predicted octanol–water partition coefficient (Wildman–Crippen LogP) is 3.27. The molecule has 2 heterocycles. The van der Waals surface area contributed by atoms with Crippen molar-refractivity contribution < 1.29 is 0 Å². The highest BCUT2D eigenvalue weighted by molar-refractivity contribution is 14.0. The first kappa shape index (κ1) is 17.7. The van der Waals surface area contributed by atoms with Gasteiger partial charge in [-0.1, -0.05) is 13.8 Å². The Kier molecular flexibility index (Phi) is 5.46.